The Morgan fingerprint density at radius 1 is 0.852 bits per heavy atom. The number of methoxy groups -OCH3 is 2. The normalized spacial score (nSPS) is 21.5. The Morgan fingerprint density at radius 2 is 1.51 bits per heavy atom. The Kier molecular flexibility index (Phi) is 11.8. The average molecular weight is 838 g/mol. The van der Waals surface area contributed by atoms with E-state index in [0.29, 0.717) is 55.8 Å². The van der Waals surface area contributed by atoms with E-state index in [2.05, 4.69) is 37.6 Å². The monoisotopic (exact) mass is 837 g/mol. The van der Waals surface area contributed by atoms with Crippen LogP contribution in [0.1, 0.15) is 89.2 Å². The molecule has 2 aromatic heterocycles. The Hall–Kier alpha value is -6.26. The molecule has 0 spiro atoms. The van der Waals surface area contributed by atoms with Crippen LogP contribution in [0.5, 0.6) is 5.75 Å². The first-order chi connectivity index (χ1) is 29.4. The molecule has 1 aliphatic carbocycles. The smallest absolute Gasteiger partial charge is 0.407 e. The highest BCUT2D eigenvalue weighted by Crippen LogP contribution is 2.43. The zero-order valence-electron chi connectivity index (χ0n) is 35.5. The van der Waals surface area contributed by atoms with Gasteiger partial charge in [0.2, 0.25) is 11.8 Å². The summed E-state index contributed by atoms with van der Waals surface area (Å²) in [4.78, 5) is 74.1. The molecule has 6 heterocycles. The van der Waals surface area contributed by atoms with Gasteiger partial charge in [0.15, 0.2) is 0 Å². The van der Waals surface area contributed by atoms with Gasteiger partial charge in [-0.2, -0.15) is 0 Å². The highest BCUT2D eigenvalue weighted by Gasteiger charge is 2.39. The second kappa shape index (κ2) is 17.4. The van der Waals surface area contributed by atoms with E-state index < -0.39 is 30.4 Å². The van der Waals surface area contributed by atoms with Crippen molar-refractivity contribution in [3.63, 3.8) is 0 Å². The van der Waals surface area contributed by atoms with Gasteiger partial charge in [-0.25, -0.2) is 19.6 Å². The molecule has 2 bridgehead atoms. The van der Waals surface area contributed by atoms with Crippen LogP contribution in [-0.2, 0) is 23.8 Å². The van der Waals surface area contributed by atoms with E-state index in [4.69, 9.17) is 28.9 Å². The molecule has 4 aliphatic heterocycles. The Labute approximate surface area is 354 Å². The Bertz CT molecular complexity index is 2260. The first kappa shape index (κ1) is 41.5. The zero-order chi connectivity index (χ0) is 42.9. The summed E-state index contributed by atoms with van der Waals surface area (Å²) in [6.45, 7) is 10.0. The SMILES string of the molecule is COC(=O)NC(CC(C)C)C(=O)N1CCCC1c1ncc(-c2ccc3c(c2)N2CCOC4=CC(c5cnc(C6CCCN6C(=O)C(NC(=O)OC)C(C)C)[nH]5)=CC(C=C42)O3)[nH]1. The van der Waals surface area contributed by atoms with Gasteiger partial charge in [0.25, 0.3) is 0 Å². The van der Waals surface area contributed by atoms with Crippen LogP contribution >= 0.6 is 0 Å². The summed E-state index contributed by atoms with van der Waals surface area (Å²) in [6, 6.07) is 4.13. The molecule has 0 saturated carbocycles. The molecule has 324 valence electrons. The number of allylic oxidation sites excluding steroid dienone is 2. The van der Waals surface area contributed by atoms with Crippen molar-refractivity contribution in [3.05, 3.63) is 77.6 Å². The summed E-state index contributed by atoms with van der Waals surface area (Å²) in [5, 5.41) is 5.44. The molecule has 17 heteroatoms. The summed E-state index contributed by atoms with van der Waals surface area (Å²) in [6.07, 6.45) is 11.6. The number of alkyl carbamates (subject to hydrolysis) is 2. The Morgan fingerprint density at radius 3 is 2.18 bits per heavy atom. The quantitative estimate of drug-likeness (QED) is 0.184. The fourth-order valence-electron chi connectivity index (χ4n) is 8.97. The molecule has 5 unspecified atom stereocenters. The largest absolute Gasteiger partial charge is 0.490 e. The van der Waals surface area contributed by atoms with Crippen LogP contribution in [0.4, 0.5) is 15.3 Å². The average Bonchev–Trinajstić information content (AvgIpc) is 4.07. The van der Waals surface area contributed by atoms with Crippen molar-refractivity contribution in [1.82, 2.24) is 40.4 Å². The number of aromatic nitrogens is 4. The first-order valence-corrected chi connectivity index (χ1v) is 21.2. The molecule has 8 rings (SSSR count). The predicted molar refractivity (Wildman–Crippen MR) is 225 cm³/mol. The number of hydrogen-bond acceptors (Lipinski definition) is 11. The standard InChI is InChI=1S/C44H55N9O8/c1-24(2)17-29(49-43(56)58-5)41(54)52-13-7-9-32(52)39-45-22-30(47-39)26-11-12-36-34(19-26)51-15-16-60-37-20-27(18-28(61-36)21-35(37)51)31-23-46-40(48-31)33-10-8-14-53(33)42(55)38(25(3)4)50-44(57)59-6/h11-12,18-25,28-29,32-33,38H,7-10,13-17H2,1-6H3,(H,45,47)(H,46,48)(H,49,56)(H,50,57). The summed E-state index contributed by atoms with van der Waals surface area (Å²) >= 11 is 0. The number of carbonyl (C=O) groups excluding carboxylic acids is 4. The van der Waals surface area contributed by atoms with Crippen molar-refractivity contribution in [2.24, 2.45) is 11.8 Å². The number of hydrogen-bond donors (Lipinski definition) is 4. The molecular weight excluding hydrogens is 783 g/mol. The molecular formula is C44H55N9O8. The topological polar surface area (TPSA) is 196 Å². The third-order valence-corrected chi connectivity index (χ3v) is 12.0. The molecule has 5 aliphatic rings. The minimum atomic E-state index is -0.723. The number of anilines is 1. The fraction of sp³-hybridized carbons (Fsp3) is 0.500. The number of carbonyl (C=O) groups is 4. The maximum Gasteiger partial charge on any atom is 0.407 e. The van der Waals surface area contributed by atoms with Gasteiger partial charge in [-0.05, 0) is 80.4 Å². The maximum absolute atomic E-state index is 13.8. The van der Waals surface area contributed by atoms with Gasteiger partial charge in [-0.15, -0.1) is 0 Å². The lowest BCUT2D eigenvalue weighted by Gasteiger charge is -2.33. The number of ether oxygens (including phenoxy) is 4. The minimum Gasteiger partial charge on any atom is -0.490 e. The number of H-pyrrole nitrogens is 2. The van der Waals surface area contributed by atoms with Gasteiger partial charge in [0.05, 0.1) is 68.0 Å². The molecule has 3 fully saturated rings. The highest BCUT2D eigenvalue weighted by atomic mass is 16.5. The Balaban J connectivity index is 1.01. The number of benzene rings is 1. The molecule has 61 heavy (non-hydrogen) atoms. The molecule has 1 aromatic carbocycles. The van der Waals surface area contributed by atoms with E-state index in [9.17, 15) is 19.2 Å². The van der Waals surface area contributed by atoms with Crippen molar-refractivity contribution in [1.29, 1.82) is 0 Å². The van der Waals surface area contributed by atoms with E-state index in [-0.39, 0.29) is 35.7 Å². The number of nitrogens with one attached hydrogen (secondary N) is 4. The first-order valence-electron chi connectivity index (χ1n) is 21.2. The number of fused-ring (bicyclic) bond motifs is 3. The van der Waals surface area contributed by atoms with Crippen LogP contribution in [0.3, 0.4) is 0 Å². The van der Waals surface area contributed by atoms with Crippen LogP contribution in [0.15, 0.2) is 60.3 Å². The third kappa shape index (κ3) is 8.42. The molecule has 5 atom stereocenters. The number of nitrogens with zero attached hydrogens (tertiary/aromatic N) is 5. The second-order valence-electron chi connectivity index (χ2n) is 16.9. The van der Waals surface area contributed by atoms with E-state index in [1.54, 1.807) is 17.3 Å². The van der Waals surface area contributed by atoms with Crippen molar-refractivity contribution >= 4 is 35.3 Å². The predicted octanol–water partition coefficient (Wildman–Crippen LogP) is 5.74. The van der Waals surface area contributed by atoms with Gasteiger partial charge in [-0.3, -0.25) is 9.59 Å². The molecule has 4 amide bonds. The number of likely N-dealkylation sites (tertiary alicyclic amines) is 2. The van der Waals surface area contributed by atoms with Gasteiger partial charge < -0.3 is 54.2 Å². The number of imidazole rings is 2. The number of morpholine rings is 1. The third-order valence-electron chi connectivity index (χ3n) is 12.0. The van der Waals surface area contributed by atoms with Crippen LogP contribution < -0.4 is 20.3 Å². The zero-order valence-corrected chi connectivity index (χ0v) is 35.5. The summed E-state index contributed by atoms with van der Waals surface area (Å²) < 4.78 is 22.6. The highest BCUT2D eigenvalue weighted by molar-refractivity contribution is 5.87. The van der Waals surface area contributed by atoms with Crippen LogP contribution in [-0.4, -0.2) is 112 Å². The van der Waals surface area contributed by atoms with Crippen LogP contribution in [0.25, 0.3) is 16.8 Å². The van der Waals surface area contributed by atoms with Gasteiger partial charge in [-0.1, -0.05) is 27.7 Å². The lowest BCUT2D eigenvalue weighted by molar-refractivity contribution is -0.136. The summed E-state index contributed by atoms with van der Waals surface area (Å²) in [5.41, 5.74) is 5.12. The molecule has 17 nitrogen and oxygen atoms in total. The van der Waals surface area contributed by atoms with Gasteiger partial charge in [0, 0.05) is 24.2 Å². The minimum absolute atomic E-state index is 0.135. The van der Waals surface area contributed by atoms with Crippen molar-refractivity contribution in [2.45, 2.75) is 90.1 Å². The van der Waals surface area contributed by atoms with Crippen molar-refractivity contribution in [2.75, 3.05) is 45.4 Å². The van der Waals surface area contributed by atoms with E-state index in [1.807, 2.05) is 56.9 Å². The van der Waals surface area contributed by atoms with E-state index >= 15 is 0 Å². The van der Waals surface area contributed by atoms with Crippen LogP contribution in [0, 0.1) is 11.8 Å². The number of aromatic amines is 2. The fourth-order valence-corrected chi connectivity index (χ4v) is 8.97. The van der Waals surface area contributed by atoms with Crippen LogP contribution in [0.2, 0.25) is 0 Å². The van der Waals surface area contributed by atoms with E-state index in [0.717, 1.165) is 59.6 Å². The van der Waals surface area contributed by atoms with E-state index in [1.165, 1.54) is 14.2 Å². The summed E-state index contributed by atoms with van der Waals surface area (Å²) in [5.74, 6) is 2.54. The molecule has 4 N–H and O–H groups in total. The summed E-state index contributed by atoms with van der Waals surface area (Å²) in [7, 11) is 2.58. The molecule has 3 saturated heterocycles. The number of amides is 4. The molecule has 3 aromatic rings. The van der Waals surface area contributed by atoms with Gasteiger partial charge >= 0.3 is 12.2 Å². The van der Waals surface area contributed by atoms with Gasteiger partial charge in [0.1, 0.15) is 48.0 Å². The lowest BCUT2D eigenvalue weighted by Crippen LogP contribution is -2.51. The number of rotatable bonds is 11. The van der Waals surface area contributed by atoms with Crippen molar-refractivity contribution in [3.8, 4) is 17.0 Å². The lowest BCUT2D eigenvalue weighted by atomic mass is 10.0. The molecule has 0 radical (unpaired) electrons. The maximum atomic E-state index is 13.8. The second-order valence-corrected chi connectivity index (χ2v) is 16.9. The van der Waals surface area contributed by atoms with Crippen molar-refractivity contribution < 1.29 is 38.1 Å².